The van der Waals surface area contributed by atoms with Crippen LogP contribution in [0.3, 0.4) is 0 Å². The van der Waals surface area contributed by atoms with Gasteiger partial charge in [0.2, 0.25) is 0 Å². The van der Waals surface area contributed by atoms with Gasteiger partial charge in [-0.05, 0) is 25.1 Å². The lowest BCUT2D eigenvalue weighted by Crippen LogP contribution is -2.35. The van der Waals surface area contributed by atoms with Crippen molar-refractivity contribution in [3.05, 3.63) is 75.3 Å². The fraction of sp³-hybridized carbons (Fsp3) is 0.111. The number of amides is 1. The molecule has 0 aliphatic carbocycles. The molecule has 0 radical (unpaired) electrons. The van der Waals surface area contributed by atoms with Crippen molar-refractivity contribution in [2.24, 2.45) is 5.10 Å². The minimum absolute atomic E-state index is 0.348. The maximum Gasteiger partial charge on any atom is 0.294 e. The fourth-order valence-corrected chi connectivity index (χ4v) is 2.47. The zero-order chi connectivity index (χ0) is 18.5. The number of halogens is 1. The Morgan fingerprint density at radius 2 is 2.00 bits per heavy atom. The predicted molar refractivity (Wildman–Crippen MR) is 99.4 cm³/mol. The Balaban J connectivity index is 1.66. The lowest BCUT2D eigenvalue weighted by Gasteiger charge is -2.11. The fourth-order valence-electron chi connectivity index (χ4n) is 2.29. The molecule has 0 saturated heterocycles. The highest BCUT2D eigenvalue weighted by atomic mass is 35.5. The van der Waals surface area contributed by atoms with Gasteiger partial charge in [-0.3, -0.25) is 9.59 Å². The summed E-state index contributed by atoms with van der Waals surface area (Å²) >= 11 is 5.99. The Hall–Kier alpha value is -3.19. The largest absolute Gasteiger partial charge is 0.399 e. The summed E-state index contributed by atoms with van der Waals surface area (Å²) in [6, 6.07) is 14.0. The third kappa shape index (κ3) is 3.89. The summed E-state index contributed by atoms with van der Waals surface area (Å²) in [6.45, 7) is 1.24. The molecule has 26 heavy (non-hydrogen) atoms. The van der Waals surface area contributed by atoms with Crippen molar-refractivity contribution in [3.63, 3.8) is 0 Å². The molecule has 8 heteroatoms. The quantitative estimate of drug-likeness (QED) is 0.549. The van der Waals surface area contributed by atoms with Gasteiger partial charge in [-0.2, -0.15) is 5.10 Å². The van der Waals surface area contributed by atoms with Gasteiger partial charge in [0.05, 0.1) is 17.1 Å². The van der Waals surface area contributed by atoms with E-state index in [4.69, 9.17) is 16.4 Å². The number of hydrazone groups is 1. The minimum atomic E-state index is -0.521. The molecule has 0 atom stereocenters. The van der Waals surface area contributed by atoms with Gasteiger partial charge in [-0.15, -0.1) is 4.73 Å². The molecular weight excluding hydrogens is 356 g/mol. The minimum Gasteiger partial charge on any atom is -0.399 e. The number of carbonyl (C=O) groups excluding carboxylic acids is 1. The smallest absolute Gasteiger partial charge is 0.294 e. The van der Waals surface area contributed by atoms with Gasteiger partial charge < -0.3 is 4.84 Å². The second-order valence-electron chi connectivity index (χ2n) is 5.36. The van der Waals surface area contributed by atoms with Gasteiger partial charge in [-0.1, -0.05) is 41.9 Å². The third-order valence-corrected chi connectivity index (χ3v) is 3.86. The molecule has 1 heterocycles. The number of aromatic nitrogens is 2. The molecule has 3 aromatic rings. The highest BCUT2D eigenvalue weighted by molar-refractivity contribution is 6.33. The number of benzene rings is 2. The van der Waals surface area contributed by atoms with Crippen LogP contribution in [0.15, 0.2) is 58.4 Å². The van der Waals surface area contributed by atoms with Crippen molar-refractivity contribution in [2.75, 3.05) is 6.61 Å². The molecule has 0 unspecified atom stereocenters. The van der Waals surface area contributed by atoms with Gasteiger partial charge in [0.1, 0.15) is 5.82 Å². The molecule has 7 nitrogen and oxygen atoms in total. The van der Waals surface area contributed by atoms with Crippen molar-refractivity contribution in [3.8, 4) is 0 Å². The molecule has 1 N–H and O–H groups in total. The summed E-state index contributed by atoms with van der Waals surface area (Å²) in [5.41, 5.74) is 3.18. The summed E-state index contributed by atoms with van der Waals surface area (Å²) in [5.74, 6) is -0.172. The van der Waals surface area contributed by atoms with E-state index in [-0.39, 0.29) is 12.2 Å². The first kappa shape index (κ1) is 17.6. The second kappa shape index (κ2) is 7.79. The van der Waals surface area contributed by atoms with E-state index in [1.807, 2.05) is 0 Å². The molecule has 0 fully saturated rings. The van der Waals surface area contributed by atoms with E-state index in [0.29, 0.717) is 27.3 Å². The van der Waals surface area contributed by atoms with Gasteiger partial charge in [0.15, 0.2) is 6.61 Å². The van der Waals surface area contributed by atoms with Gasteiger partial charge in [-0.25, -0.2) is 10.4 Å². The van der Waals surface area contributed by atoms with Gasteiger partial charge in [0.25, 0.3) is 11.5 Å². The van der Waals surface area contributed by atoms with Crippen LogP contribution in [-0.2, 0) is 4.79 Å². The Morgan fingerprint density at radius 1 is 1.27 bits per heavy atom. The molecule has 0 bridgehead atoms. The molecule has 0 saturated carbocycles. The number of nitrogens with zero attached hydrogens (tertiary/aromatic N) is 3. The Bertz CT molecular complexity index is 1050. The lowest BCUT2D eigenvalue weighted by molar-refractivity contribution is -0.126. The number of para-hydroxylation sites is 1. The SMILES string of the molecule is Cc1nc2ccccc2c(=O)n1OCC(=O)NN=Cc1ccccc1Cl. The van der Waals surface area contributed by atoms with Crippen molar-refractivity contribution in [2.45, 2.75) is 6.92 Å². The zero-order valence-electron chi connectivity index (χ0n) is 13.8. The van der Waals surface area contributed by atoms with E-state index >= 15 is 0 Å². The number of hydrogen-bond donors (Lipinski definition) is 1. The monoisotopic (exact) mass is 370 g/mol. The summed E-state index contributed by atoms with van der Waals surface area (Å²) in [6.07, 6.45) is 1.43. The molecule has 0 spiro atoms. The number of carbonyl (C=O) groups is 1. The summed E-state index contributed by atoms with van der Waals surface area (Å²) in [7, 11) is 0. The van der Waals surface area contributed by atoms with E-state index in [1.165, 1.54) is 6.21 Å². The van der Waals surface area contributed by atoms with E-state index in [9.17, 15) is 9.59 Å². The molecule has 0 aliphatic rings. The number of aryl methyl sites for hydroxylation is 1. The molecule has 1 aromatic heterocycles. The second-order valence-corrected chi connectivity index (χ2v) is 5.77. The zero-order valence-corrected chi connectivity index (χ0v) is 14.6. The summed E-state index contributed by atoms with van der Waals surface area (Å²) in [5, 5.41) is 4.75. The first-order chi connectivity index (χ1) is 12.6. The average Bonchev–Trinajstić information content (AvgIpc) is 2.63. The van der Waals surface area contributed by atoms with Crippen molar-refractivity contribution < 1.29 is 9.63 Å². The number of hydrogen-bond acceptors (Lipinski definition) is 5. The van der Waals surface area contributed by atoms with Crippen LogP contribution >= 0.6 is 11.6 Å². The Kier molecular flexibility index (Phi) is 5.28. The number of rotatable bonds is 5. The maximum absolute atomic E-state index is 12.4. The Labute approximate surface area is 153 Å². The number of nitrogens with one attached hydrogen (secondary N) is 1. The highest BCUT2D eigenvalue weighted by Gasteiger charge is 2.10. The van der Waals surface area contributed by atoms with Gasteiger partial charge in [0, 0.05) is 10.6 Å². The topological polar surface area (TPSA) is 85.6 Å². The highest BCUT2D eigenvalue weighted by Crippen LogP contribution is 2.12. The predicted octanol–water partition coefficient (Wildman–Crippen LogP) is 1.94. The molecule has 132 valence electrons. The molecule has 3 rings (SSSR count). The maximum atomic E-state index is 12.4. The average molecular weight is 371 g/mol. The van der Waals surface area contributed by atoms with Crippen molar-refractivity contribution in [1.82, 2.24) is 15.1 Å². The van der Waals surface area contributed by atoms with Crippen LogP contribution in [0.4, 0.5) is 0 Å². The van der Waals surface area contributed by atoms with E-state index < -0.39 is 5.91 Å². The van der Waals surface area contributed by atoms with E-state index in [2.05, 4.69) is 15.5 Å². The van der Waals surface area contributed by atoms with Crippen LogP contribution in [0.2, 0.25) is 5.02 Å². The van der Waals surface area contributed by atoms with Crippen LogP contribution in [0, 0.1) is 6.92 Å². The van der Waals surface area contributed by atoms with Crippen molar-refractivity contribution >= 4 is 34.6 Å². The van der Waals surface area contributed by atoms with E-state index in [1.54, 1.807) is 55.5 Å². The van der Waals surface area contributed by atoms with Crippen LogP contribution in [0.1, 0.15) is 11.4 Å². The first-order valence-electron chi connectivity index (χ1n) is 7.74. The standard InChI is InChI=1S/C18H15ClN4O3/c1-12-21-16-9-5-3-7-14(16)18(25)23(12)26-11-17(24)22-20-10-13-6-2-4-8-15(13)19/h2-10H,11H2,1H3,(H,22,24). The summed E-state index contributed by atoms with van der Waals surface area (Å²) < 4.78 is 1.000. The van der Waals surface area contributed by atoms with Crippen molar-refractivity contribution in [1.29, 1.82) is 0 Å². The molecule has 0 aliphatic heterocycles. The summed E-state index contributed by atoms with van der Waals surface area (Å²) in [4.78, 5) is 33.9. The van der Waals surface area contributed by atoms with Gasteiger partial charge >= 0.3 is 0 Å². The first-order valence-corrected chi connectivity index (χ1v) is 8.12. The number of fused-ring (bicyclic) bond motifs is 1. The normalized spacial score (nSPS) is 11.0. The van der Waals surface area contributed by atoms with E-state index in [0.717, 1.165) is 4.73 Å². The van der Waals surface area contributed by atoms with Crippen LogP contribution < -0.4 is 15.8 Å². The third-order valence-electron chi connectivity index (χ3n) is 3.52. The van der Waals surface area contributed by atoms with Crippen LogP contribution in [-0.4, -0.2) is 28.4 Å². The lowest BCUT2D eigenvalue weighted by atomic mass is 10.2. The van der Waals surface area contributed by atoms with Crippen LogP contribution in [0.25, 0.3) is 10.9 Å². The molecular formula is C18H15ClN4O3. The molecule has 2 aromatic carbocycles. The Morgan fingerprint density at radius 3 is 2.81 bits per heavy atom. The van der Waals surface area contributed by atoms with Crippen LogP contribution in [0.5, 0.6) is 0 Å². The molecule has 1 amide bonds.